The number of carboxylic acids is 1. The van der Waals surface area contributed by atoms with Gasteiger partial charge < -0.3 is 9.84 Å². The molecular weight excluding hydrogens is 266 g/mol. The third-order valence-electron chi connectivity index (χ3n) is 3.57. The molecule has 0 fully saturated rings. The smallest absolute Gasteiger partial charge is 0.328 e. The van der Waals surface area contributed by atoms with Crippen molar-refractivity contribution in [3.8, 4) is 5.75 Å². The predicted octanol–water partition coefficient (Wildman–Crippen LogP) is 3.28. The number of carbonyl (C=O) groups is 1. The van der Waals surface area contributed by atoms with Gasteiger partial charge >= 0.3 is 5.97 Å². The highest BCUT2D eigenvalue weighted by Crippen LogP contribution is 2.13. The molecular formula is C17H25NO3. The fourth-order valence-corrected chi connectivity index (χ4v) is 2.07. The van der Waals surface area contributed by atoms with E-state index in [0.717, 1.165) is 36.9 Å². The minimum absolute atomic E-state index is 0.571. The minimum Gasteiger partial charge on any atom is -0.492 e. The van der Waals surface area contributed by atoms with E-state index in [1.54, 1.807) is 6.08 Å². The molecule has 1 aromatic carbocycles. The number of rotatable bonds is 9. The first-order chi connectivity index (χ1) is 10.1. The van der Waals surface area contributed by atoms with Crippen LogP contribution in [0.1, 0.15) is 32.8 Å². The summed E-state index contributed by atoms with van der Waals surface area (Å²) in [5.74, 6) is -0.136. The van der Waals surface area contributed by atoms with Gasteiger partial charge in [-0.1, -0.05) is 26.0 Å². The fraction of sp³-hybridized carbons (Fsp3) is 0.471. The fourth-order valence-electron chi connectivity index (χ4n) is 2.07. The SMILES string of the molecule is CCC(C)N(CC)CCOc1ccc(C=CC(=O)O)cc1. The highest BCUT2D eigenvalue weighted by Gasteiger charge is 2.09. The van der Waals surface area contributed by atoms with Crippen LogP contribution >= 0.6 is 0 Å². The van der Waals surface area contributed by atoms with E-state index < -0.39 is 5.97 Å². The van der Waals surface area contributed by atoms with Crippen molar-refractivity contribution in [1.29, 1.82) is 0 Å². The van der Waals surface area contributed by atoms with Crippen LogP contribution in [-0.4, -0.2) is 41.7 Å². The molecule has 0 saturated carbocycles. The van der Waals surface area contributed by atoms with Gasteiger partial charge in [0, 0.05) is 18.7 Å². The molecule has 1 aromatic rings. The van der Waals surface area contributed by atoms with Crippen molar-refractivity contribution in [1.82, 2.24) is 4.90 Å². The van der Waals surface area contributed by atoms with Gasteiger partial charge in [0.25, 0.3) is 0 Å². The maximum atomic E-state index is 10.4. The molecule has 0 aliphatic heterocycles. The van der Waals surface area contributed by atoms with Crippen LogP contribution in [0.2, 0.25) is 0 Å². The number of ether oxygens (including phenoxy) is 1. The molecule has 0 amide bonds. The number of hydrogen-bond acceptors (Lipinski definition) is 3. The van der Waals surface area contributed by atoms with Crippen molar-refractivity contribution in [2.45, 2.75) is 33.2 Å². The molecule has 21 heavy (non-hydrogen) atoms. The zero-order valence-electron chi connectivity index (χ0n) is 13.1. The molecule has 116 valence electrons. The van der Waals surface area contributed by atoms with Gasteiger partial charge in [0.05, 0.1) is 0 Å². The Bertz CT molecular complexity index is 454. The van der Waals surface area contributed by atoms with Crippen molar-refractivity contribution >= 4 is 12.0 Å². The summed E-state index contributed by atoms with van der Waals surface area (Å²) in [5.41, 5.74) is 0.847. The topological polar surface area (TPSA) is 49.8 Å². The zero-order valence-corrected chi connectivity index (χ0v) is 13.1. The first-order valence-electron chi connectivity index (χ1n) is 7.44. The van der Waals surface area contributed by atoms with Gasteiger partial charge in [0.15, 0.2) is 0 Å². The second kappa shape index (κ2) is 9.19. The van der Waals surface area contributed by atoms with Crippen molar-refractivity contribution < 1.29 is 14.6 Å². The van der Waals surface area contributed by atoms with Gasteiger partial charge in [-0.05, 0) is 43.7 Å². The monoisotopic (exact) mass is 291 g/mol. The van der Waals surface area contributed by atoms with Crippen LogP contribution in [0.5, 0.6) is 5.75 Å². The third kappa shape index (κ3) is 6.45. The Morgan fingerprint density at radius 2 is 2.00 bits per heavy atom. The average Bonchev–Trinajstić information content (AvgIpc) is 2.50. The lowest BCUT2D eigenvalue weighted by Crippen LogP contribution is -2.35. The lowest BCUT2D eigenvalue weighted by atomic mass is 10.2. The molecule has 0 aliphatic rings. The molecule has 0 heterocycles. The summed E-state index contributed by atoms with van der Waals surface area (Å²) in [6.07, 6.45) is 3.83. The molecule has 1 N–H and O–H groups in total. The van der Waals surface area contributed by atoms with Crippen molar-refractivity contribution in [2.24, 2.45) is 0 Å². The molecule has 4 heteroatoms. The normalized spacial score (nSPS) is 12.8. The number of nitrogens with zero attached hydrogens (tertiary/aromatic N) is 1. The Morgan fingerprint density at radius 1 is 1.33 bits per heavy atom. The molecule has 0 radical (unpaired) electrons. The first-order valence-corrected chi connectivity index (χ1v) is 7.44. The molecule has 1 atom stereocenters. The number of benzene rings is 1. The Labute approximate surface area is 127 Å². The van der Waals surface area contributed by atoms with Crippen LogP contribution in [-0.2, 0) is 4.79 Å². The summed E-state index contributed by atoms with van der Waals surface area (Å²) in [6, 6.07) is 7.99. The number of aliphatic carboxylic acids is 1. The van der Waals surface area contributed by atoms with E-state index in [-0.39, 0.29) is 0 Å². The summed E-state index contributed by atoms with van der Waals surface area (Å²) in [5, 5.41) is 8.57. The molecule has 0 aromatic heterocycles. The van der Waals surface area contributed by atoms with Crippen LogP contribution in [0.3, 0.4) is 0 Å². The van der Waals surface area contributed by atoms with Crippen LogP contribution < -0.4 is 4.74 Å². The average molecular weight is 291 g/mol. The second-order valence-corrected chi connectivity index (χ2v) is 4.97. The Kier molecular flexibility index (Phi) is 7.54. The number of likely N-dealkylation sites (N-methyl/N-ethyl adjacent to an activating group) is 1. The van der Waals surface area contributed by atoms with Gasteiger partial charge in [0.2, 0.25) is 0 Å². The van der Waals surface area contributed by atoms with E-state index in [0.29, 0.717) is 12.6 Å². The summed E-state index contributed by atoms with van der Waals surface area (Å²) in [6.45, 7) is 9.17. The highest BCUT2D eigenvalue weighted by atomic mass is 16.5. The lowest BCUT2D eigenvalue weighted by Gasteiger charge is -2.26. The van der Waals surface area contributed by atoms with E-state index in [2.05, 4.69) is 25.7 Å². The molecule has 0 spiro atoms. The standard InChI is InChI=1S/C17H25NO3/c1-4-14(3)18(5-2)12-13-21-16-9-6-15(7-10-16)8-11-17(19)20/h6-11,14H,4-5,12-13H2,1-3H3,(H,19,20). The number of carboxylic acid groups (broad SMARTS) is 1. The van der Waals surface area contributed by atoms with Gasteiger partial charge in [-0.25, -0.2) is 4.79 Å². The van der Waals surface area contributed by atoms with E-state index in [9.17, 15) is 4.79 Å². The molecule has 1 rings (SSSR count). The summed E-state index contributed by atoms with van der Waals surface area (Å²) in [7, 11) is 0. The Hall–Kier alpha value is -1.81. The van der Waals surface area contributed by atoms with E-state index in [4.69, 9.17) is 9.84 Å². The highest BCUT2D eigenvalue weighted by molar-refractivity contribution is 5.85. The largest absolute Gasteiger partial charge is 0.492 e. The lowest BCUT2D eigenvalue weighted by molar-refractivity contribution is -0.131. The van der Waals surface area contributed by atoms with Crippen LogP contribution in [0.25, 0.3) is 6.08 Å². The first kappa shape index (κ1) is 17.2. The summed E-state index contributed by atoms with van der Waals surface area (Å²) in [4.78, 5) is 12.8. The van der Waals surface area contributed by atoms with Gasteiger partial charge in [0.1, 0.15) is 12.4 Å². The quantitative estimate of drug-likeness (QED) is 0.709. The Morgan fingerprint density at radius 3 is 2.52 bits per heavy atom. The van der Waals surface area contributed by atoms with Crippen LogP contribution in [0.15, 0.2) is 30.3 Å². The van der Waals surface area contributed by atoms with Gasteiger partial charge in [-0.3, -0.25) is 4.90 Å². The molecule has 1 unspecified atom stereocenters. The number of hydrogen-bond donors (Lipinski definition) is 1. The van der Waals surface area contributed by atoms with E-state index in [1.165, 1.54) is 0 Å². The van der Waals surface area contributed by atoms with Gasteiger partial charge in [-0.2, -0.15) is 0 Å². The van der Waals surface area contributed by atoms with Crippen molar-refractivity contribution in [3.63, 3.8) is 0 Å². The van der Waals surface area contributed by atoms with E-state index >= 15 is 0 Å². The second-order valence-electron chi connectivity index (χ2n) is 4.97. The minimum atomic E-state index is -0.944. The van der Waals surface area contributed by atoms with Crippen molar-refractivity contribution in [3.05, 3.63) is 35.9 Å². The zero-order chi connectivity index (χ0) is 15.7. The summed E-state index contributed by atoms with van der Waals surface area (Å²) >= 11 is 0. The Balaban J connectivity index is 2.44. The molecule has 4 nitrogen and oxygen atoms in total. The van der Waals surface area contributed by atoms with Crippen LogP contribution in [0, 0.1) is 0 Å². The van der Waals surface area contributed by atoms with E-state index in [1.807, 2.05) is 24.3 Å². The van der Waals surface area contributed by atoms with Crippen LogP contribution in [0.4, 0.5) is 0 Å². The van der Waals surface area contributed by atoms with Gasteiger partial charge in [-0.15, -0.1) is 0 Å². The predicted molar refractivity (Wildman–Crippen MR) is 85.6 cm³/mol. The van der Waals surface area contributed by atoms with Crippen molar-refractivity contribution in [2.75, 3.05) is 19.7 Å². The third-order valence-corrected chi connectivity index (χ3v) is 3.57. The summed E-state index contributed by atoms with van der Waals surface area (Å²) < 4.78 is 5.73. The molecule has 0 aliphatic carbocycles. The maximum absolute atomic E-state index is 10.4. The molecule has 0 saturated heterocycles. The molecule has 0 bridgehead atoms. The maximum Gasteiger partial charge on any atom is 0.328 e.